The number of hydrogen-bond donors (Lipinski definition) is 1. The number of pyridine rings is 1. The Kier molecular flexibility index (Phi) is 5.37. The van der Waals surface area contributed by atoms with Gasteiger partial charge < -0.3 is 5.32 Å². The topological polar surface area (TPSA) is 45.2 Å². The summed E-state index contributed by atoms with van der Waals surface area (Å²) in [6.07, 6.45) is 2.11. The maximum absolute atomic E-state index is 12.7. The first-order valence-electron chi connectivity index (χ1n) is 9.31. The lowest BCUT2D eigenvalue weighted by molar-refractivity contribution is 0.0901. The highest BCUT2D eigenvalue weighted by molar-refractivity contribution is 6.29. The molecule has 0 radical (unpaired) electrons. The zero-order chi connectivity index (χ0) is 18.6. The van der Waals surface area contributed by atoms with Gasteiger partial charge in [0.25, 0.3) is 5.91 Å². The number of piperidine rings is 1. The van der Waals surface area contributed by atoms with Gasteiger partial charge in [0, 0.05) is 30.1 Å². The summed E-state index contributed by atoms with van der Waals surface area (Å²) in [7, 11) is 0. The van der Waals surface area contributed by atoms with Crippen LogP contribution < -0.4 is 5.32 Å². The zero-order valence-electron chi connectivity index (χ0n) is 15.1. The molecule has 1 aromatic heterocycles. The SMILES string of the molecule is O=C(NC1CCCN(Cc2ccccc2)C1)c1ccc2nc(Cl)ccc2c1. The van der Waals surface area contributed by atoms with Gasteiger partial charge in [-0.15, -0.1) is 0 Å². The molecule has 0 bridgehead atoms. The Labute approximate surface area is 164 Å². The Balaban J connectivity index is 1.40. The van der Waals surface area contributed by atoms with Crippen molar-refractivity contribution in [1.29, 1.82) is 0 Å². The molecule has 0 saturated carbocycles. The molecule has 0 spiro atoms. The van der Waals surface area contributed by atoms with E-state index in [0.717, 1.165) is 43.4 Å². The molecule has 5 heteroatoms. The number of carbonyl (C=O) groups excluding carboxylic acids is 1. The molecule has 1 aliphatic rings. The van der Waals surface area contributed by atoms with E-state index < -0.39 is 0 Å². The Hall–Kier alpha value is -2.43. The Bertz CT molecular complexity index is 945. The maximum atomic E-state index is 12.7. The molecule has 3 aromatic rings. The molecule has 2 heterocycles. The van der Waals surface area contributed by atoms with Crippen LogP contribution in [0.2, 0.25) is 5.15 Å². The average Bonchev–Trinajstić information content (AvgIpc) is 2.68. The van der Waals surface area contributed by atoms with E-state index in [4.69, 9.17) is 11.6 Å². The van der Waals surface area contributed by atoms with Crippen LogP contribution in [-0.2, 0) is 6.54 Å². The second kappa shape index (κ2) is 8.07. The Morgan fingerprint density at radius 2 is 2.00 bits per heavy atom. The summed E-state index contributed by atoms with van der Waals surface area (Å²) in [5.74, 6) is -0.0292. The first-order valence-corrected chi connectivity index (χ1v) is 9.69. The van der Waals surface area contributed by atoms with Crippen molar-refractivity contribution in [2.24, 2.45) is 0 Å². The minimum Gasteiger partial charge on any atom is -0.348 e. The fourth-order valence-electron chi connectivity index (χ4n) is 3.67. The van der Waals surface area contributed by atoms with Crippen LogP contribution in [0.25, 0.3) is 10.9 Å². The summed E-state index contributed by atoms with van der Waals surface area (Å²) in [5, 5.41) is 4.58. The van der Waals surface area contributed by atoms with Crippen LogP contribution in [0.5, 0.6) is 0 Å². The van der Waals surface area contributed by atoms with Gasteiger partial charge in [0.15, 0.2) is 0 Å². The summed E-state index contributed by atoms with van der Waals surface area (Å²) in [6.45, 7) is 2.88. The molecule has 138 valence electrons. The molecule has 2 aromatic carbocycles. The summed E-state index contributed by atoms with van der Waals surface area (Å²) >= 11 is 5.93. The van der Waals surface area contributed by atoms with Gasteiger partial charge in [-0.25, -0.2) is 4.98 Å². The first kappa shape index (κ1) is 18.0. The number of amides is 1. The number of hydrogen-bond acceptors (Lipinski definition) is 3. The third kappa shape index (κ3) is 4.46. The highest BCUT2D eigenvalue weighted by Gasteiger charge is 2.22. The van der Waals surface area contributed by atoms with Crippen LogP contribution in [0.15, 0.2) is 60.7 Å². The monoisotopic (exact) mass is 379 g/mol. The van der Waals surface area contributed by atoms with E-state index in [2.05, 4.69) is 39.5 Å². The highest BCUT2D eigenvalue weighted by Crippen LogP contribution is 2.18. The number of likely N-dealkylation sites (tertiary alicyclic amines) is 1. The number of halogens is 1. The fraction of sp³-hybridized carbons (Fsp3) is 0.273. The number of fused-ring (bicyclic) bond motifs is 1. The molecule has 1 amide bonds. The van der Waals surface area contributed by atoms with Crippen molar-refractivity contribution in [3.05, 3.63) is 76.9 Å². The van der Waals surface area contributed by atoms with Crippen LogP contribution in [0.4, 0.5) is 0 Å². The quantitative estimate of drug-likeness (QED) is 0.688. The fourth-order valence-corrected chi connectivity index (χ4v) is 3.82. The molecular weight excluding hydrogens is 358 g/mol. The van der Waals surface area contributed by atoms with Gasteiger partial charge in [-0.1, -0.05) is 41.9 Å². The molecule has 1 atom stereocenters. The first-order chi connectivity index (χ1) is 13.2. The van der Waals surface area contributed by atoms with Crippen LogP contribution >= 0.6 is 11.6 Å². The number of aromatic nitrogens is 1. The third-order valence-electron chi connectivity index (χ3n) is 5.01. The smallest absolute Gasteiger partial charge is 0.251 e. The van der Waals surface area contributed by atoms with E-state index in [9.17, 15) is 4.79 Å². The van der Waals surface area contributed by atoms with Crippen LogP contribution in [-0.4, -0.2) is 34.9 Å². The van der Waals surface area contributed by atoms with E-state index in [1.165, 1.54) is 5.56 Å². The molecule has 0 aliphatic carbocycles. The molecule has 1 aliphatic heterocycles. The number of benzene rings is 2. The highest BCUT2D eigenvalue weighted by atomic mass is 35.5. The second-order valence-electron chi connectivity index (χ2n) is 7.07. The molecule has 1 saturated heterocycles. The zero-order valence-corrected chi connectivity index (χ0v) is 15.8. The molecular formula is C22H22ClN3O. The van der Waals surface area contributed by atoms with E-state index in [1.54, 1.807) is 6.07 Å². The normalized spacial score (nSPS) is 17.7. The van der Waals surface area contributed by atoms with Gasteiger partial charge >= 0.3 is 0 Å². The lowest BCUT2D eigenvalue weighted by Crippen LogP contribution is -2.47. The number of nitrogens with zero attached hydrogens (tertiary/aromatic N) is 2. The molecule has 1 fully saturated rings. The molecule has 1 N–H and O–H groups in total. The van der Waals surface area contributed by atoms with Gasteiger partial charge in [-0.05, 0) is 55.3 Å². The predicted molar refractivity (Wildman–Crippen MR) is 109 cm³/mol. The van der Waals surface area contributed by atoms with E-state index in [0.29, 0.717) is 10.7 Å². The lowest BCUT2D eigenvalue weighted by Gasteiger charge is -2.33. The third-order valence-corrected chi connectivity index (χ3v) is 5.22. The largest absolute Gasteiger partial charge is 0.348 e. The average molecular weight is 380 g/mol. The predicted octanol–water partition coefficient (Wildman–Crippen LogP) is 4.28. The van der Waals surface area contributed by atoms with Crippen molar-refractivity contribution in [2.75, 3.05) is 13.1 Å². The van der Waals surface area contributed by atoms with Crippen LogP contribution in [0, 0.1) is 0 Å². The maximum Gasteiger partial charge on any atom is 0.251 e. The number of nitrogens with one attached hydrogen (secondary N) is 1. The van der Waals surface area contributed by atoms with Crippen molar-refractivity contribution in [2.45, 2.75) is 25.4 Å². The second-order valence-corrected chi connectivity index (χ2v) is 7.46. The van der Waals surface area contributed by atoms with Crippen molar-refractivity contribution in [3.8, 4) is 0 Å². The summed E-state index contributed by atoms with van der Waals surface area (Å²) < 4.78 is 0. The van der Waals surface area contributed by atoms with E-state index >= 15 is 0 Å². The van der Waals surface area contributed by atoms with Gasteiger partial charge in [0.2, 0.25) is 0 Å². The van der Waals surface area contributed by atoms with Gasteiger partial charge in [0.1, 0.15) is 5.15 Å². The summed E-state index contributed by atoms with van der Waals surface area (Å²) in [6, 6.07) is 19.8. The van der Waals surface area contributed by atoms with Crippen molar-refractivity contribution < 1.29 is 4.79 Å². The van der Waals surface area contributed by atoms with Gasteiger partial charge in [0.05, 0.1) is 5.52 Å². The minimum atomic E-state index is -0.0292. The van der Waals surface area contributed by atoms with E-state index in [1.807, 2.05) is 30.3 Å². The molecule has 4 rings (SSSR count). The lowest BCUT2D eigenvalue weighted by atomic mass is 10.0. The minimum absolute atomic E-state index is 0.0292. The molecule has 1 unspecified atom stereocenters. The Morgan fingerprint density at radius 1 is 1.15 bits per heavy atom. The number of rotatable bonds is 4. The summed E-state index contributed by atoms with van der Waals surface area (Å²) in [5.41, 5.74) is 2.77. The van der Waals surface area contributed by atoms with Gasteiger partial charge in [-0.3, -0.25) is 9.69 Å². The number of carbonyl (C=O) groups is 1. The molecule has 27 heavy (non-hydrogen) atoms. The van der Waals surface area contributed by atoms with Crippen LogP contribution in [0.1, 0.15) is 28.8 Å². The van der Waals surface area contributed by atoms with Crippen molar-refractivity contribution in [1.82, 2.24) is 15.2 Å². The molecule has 4 nitrogen and oxygen atoms in total. The van der Waals surface area contributed by atoms with Crippen LogP contribution in [0.3, 0.4) is 0 Å². The van der Waals surface area contributed by atoms with Crippen molar-refractivity contribution >= 4 is 28.4 Å². The van der Waals surface area contributed by atoms with Gasteiger partial charge in [-0.2, -0.15) is 0 Å². The van der Waals surface area contributed by atoms with E-state index in [-0.39, 0.29) is 11.9 Å². The Morgan fingerprint density at radius 3 is 2.85 bits per heavy atom. The standard InChI is InChI=1S/C22H22ClN3O/c23-21-11-9-17-13-18(8-10-20(17)25-21)22(27)24-19-7-4-12-26(15-19)14-16-5-2-1-3-6-16/h1-3,5-6,8-11,13,19H,4,7,12,14-15H2,(H,24,27). The van der Waals surface area contributed by atoms with Crippen molar-refractivity contribution in [3.63, 3.8) is 0 Å². The summed E-state index contributed by atoms with van der Waals surface area (Å²) in [4.78, 5) is 19.4.